The van der Waals surface area contributed by atoms with Crippen molar-refractivity contribution in [2.24, 2.45) is 10.9 Å². The number of fused-ring (bicyclic) bond motifs is 1. The average molecular weight is 451 g/mol. The predicted molar refractivity (Wildman–Crippen MR) is 114 cm³/mol. The number of dihydropyridines is 1. The minimum absolute atomic E-state index is 0.210. The summed E-state index contributed by atoms with van der Waals surface area (Å²) in [6, 6.07) is 4.74. The molecule has 7 nitrogen and oxygen atoms in total. The lowest BCUT2D eigenvalue weighted by molar-refractivity contribution is -0.123. The molecule has 0 saturated carbocycles. The van der Waals surface area contributed by atoms with Gasteiger partial charge in [0.1, 0.15) is 23.0 Å². The zero-order valence-electron chi connectivity index (χ0n) is 16.4. The lowest BCUT2D eigenvalue weighted by Gasteiger charge is -2.26. The van der Waals surface area contributed by atoms with E-state index in [1.165, 1.54) is 13.2 Å². The second kappa shape index (κ2) is 9.82. The van der Waals surface area contributed by atoms with Crippen LogP contribution in [0.3, 0.4) is 0 Å². The molecule has 0 fully saturated rings. The molecule has 2 aliphatic rings. The molecule has 2 amide bonds. The number of aliphatic imine (C=N–C) groups is 1. The number of nitrogens with one attached hydrogen (secondary N) is 1. The molecule has 1 atom stereocenters. The molecule has 0 saturated heterocycles. The van der Waals surface area contributed by atoms with E-state index in [1.54, 1.807) is 37.5 Å². The predicted octanol–water partition coefficient (Wildman–Crippen LogP) is 3.48. The van der Waals surface area contributed by atoms with E-state index < -0.39 is 0 Å². The maximum Gasteiger partial charge on any atom is 0.273 e. The van der Waals surface area contributed by atoms with Gasteiger partial charge in [0.05, 0.1) is 25.2 Å². The molecule has 0 radical (unpaired) electrons. The minimum Gasteiger partial charge on any atom is -0.500 e. The second-order valence-corrected chi connectivity index (χ2v) is 7.29. The van der Waals surface area contributed by atoms with Crippen molar-refractivity contribution in [1.82, 2.24) is 5.32 Å². The van der Waals surface area contributed by atoms with Crippen LogP contribution in [0.15, 0.2) is 58.5 Å². The molecule has 1 aliphatic heterocycles. The molecular weight excluding hydrogens is 431 g/mol. The molecule has 1 aliphatic carbocycles. The largest absolute Gasteiger partial charge is 0.500 e. The molecule has 0 spiro atoms. The Morgan fingerprint density at radius 1 is 1.20 bits per heavy atom. The Balaban J connectivity index is 1.54. The van der Waals surface area contributed by atoms with Gasteiger partial charge in [-0.15, -0.1) is 0 Å². The Bertz CT molecular complexity index is 982. The SMILES string of the molecule is COC1=CC=C(OC)C2C=C(CCNC(=O)COc3ccc(Cl)cc3Cl)C(=O)N=C12. The van der Waals surface area contributed by atoms with Crippen LogP contribution in [0.25, 0.3) is 0 Å². The number of allylic oxidation sites excluding steroid dienone is 4. The summed E-state index contributed by atoms with van der Waals surface area (Å²) in [7, 11) is 3.09. The standard InChI is InChI=1S/C21H20Cl2N2O5/c1-28-16-5-6-18(29-2)20-14(16)9-12(21(27)25-20)7-8-24-19(26)11-30-17-4-3-13(22)10-15(17)23/h3-6,9-10,14H,7-8,11H2,1-2H3,(H,24,26). The summed E-state index contributed by atoms with van der Waals surface area (Å²) in [5.41, 5.74) is 1.01. The van der Waals surface area contributed by atoms with Gasteiger partial charge in [-0.2, -0.15) is 0 Å². The summed E-state index contributed by atoms with van der Waals surface area (Å²) in [6.45, 7) is 0.0442. The van der Waals surface area contributed by atoms with E-state index in [1.807, 2.05) is 0 Å². The summed E-state index contributed by atoms with van der Waals surface area (Å²) in [6.07, 6.45) is 5.62. The fourth-order valence-corrected chi connectivity index (χ4v) is 3.52. The number of carbonyl (C=O) groups excluding carboxylic acids is 2. The highest BCUT2D eigenvalue weighted by Crippen LogP contribution is 2.30. The Morgan fingerprint density at radius 3 is 2.70 bits per heavy atom. The van der Waals surface area contributed by atoms with Gasteiger partial charge < -0.3 is 19.5 Å². The molecule has 158 valence electrons. The zero-order valence-corrected chi connectivity index (χ0v) is 17.9. The zero-order chi connectivity index (χ0) is 21.7. The van der Waals surface area contributed by atoms with Crippen molar-refractivity contribution >= 4 is 40.7 Å². The van der Waals surface area contributed by atoms with E-state index in [0.717, 1.165) is 0 Å². The number of nitrogens with zero attached hydrogens (tertiary/aromatic N) is 1. The maximum absolute atomic E-state index is 12.4. The first-order valence-corrected chi connectivity index (χ1v) is 9.87. The monoisotopic (exact) mass is 450 g/mol. The summed E-state index contributed by atoms with van der Waals surface area (Å²) < 4.78 is 16.1. The number of rotatable bonds is 8. The fourth-order valence-electron chi connectivity index (χ4n) is 3.06. The van der Waals surface area contributed by atoms with Crippen LogP contribution < -0.4 is 10.1 Å². The van der Waals surface area contributed by atoms with Crippen molar-refractivity contribution in [1.29, 1.82) is 0 Å². The van der Waals surface area contributed by atoms with Gasteiger partial charge in [-0.25, -0.2) is 4.99 Å². The van der Waals surface area contributed by atoms with Gasteiger partial charge in [-0.3, -0.25) is 9.59 Å². The van der Waals surface area contributed by atoms with Gasteiger partial charge in [0, 0.05) is 17.1 Å². The first-order chi connectivity index (χ1) is 14.4. The minimum atomic E-state index is -0.361. The van der Waals surface area contributed by atoms with E-state index in [2.05, 4.69) is 10.3 Å². The highest BCUT2D eigenvalue weighted by Gasteiger charge is 2.32. The summed E-state index contributed by atoms with van der Waals surface area (Å²) in [4.78, 5) is 28.6. The summed E-state index contributed by atoms with van der Waals surface area (Å²) >= 11 is 11.8. The Morgan fingerprint density at radius 2 is 2.00 bits per heavy atom. The van der Waals surface area contributed by atoms with Crippen LogP contribution in [0, 0.1) is 5.92 Å². The highest BCUT2D eigenvalue weighted by atomic mass is 35.5. The highest BCUT2D eigenvalue weighted by molar-refractivity contribution is 6.35. The molecule has 1 aromatic rings. The number of halogens is 2. The molecule has 30 heavy (non-hydrogen) atoms. The fraction of sp³-hybridized carbons (Fsp3) is 0.286. The van der Waals surface area contributed by atoms with Crippen LogP contribution in [-0.4, -0.2) is 44.9 Å². The quantitative estimate of drug-likeness (QED) is 0.654. The van der Waals surface area contributed by atoms with E-state index in [-0.39, 0.29) is 30.9 Å². The molecule has 9 heteroatoms. The summed E-state index contributed by atoms with van der Waals surface area (Å²) in [5.74, 6) is 0.552. The number of amides is 2. The third-order valence-electron chi connectivity index (χ3n) is 4.54. The average Bonchev–Trinajstić information content (AvgIpc) is 2.72. The maximum atomic E-state index is 12.4. The lowest BCUT2D eigenvalue weighted by atomic mass is 9.89. The number of carbonyl (C=O) groups is 2. The molecule has 1 heterocycles. The Labute approximate surface area is 184 Å². The van der Waals surface area contributed by atoms with Crippen molar-refractivity contribution < 1.29 is 23.8 Å². The van der Waals surface area contributed by atoms with E-state index in [4.69, 9.17) is 37.4 Å². The van der Waals surface area contributed by atoms with E-state index >= 15 is 0 Å². The van der Waals surface area contributed by atoms with Crippen LogP contribution in [0.2, 0.25) is 10.0 Å². The number of methoxy groups -OCH3 is 2. The third kappa shape index (κ3) is 5.04. The van der Waals surface area contributed by atoms with Crippen LogP contribution in [0.4, 0.5) is 0 Å². The normalized spacial score (nSPS) is 17.7. The first kappa shape index (κ1) is 21.9. The van der Waals surface area contributed by atoms with Gasteiger partial charge in [0.25, 0.3) is 11.8 Å². The lowest BCUT2D eigenvalue weighted by Crippen LogP contribution is -2.32. The van der Waals surface area contributed by atoms with Crippen LogP contribution in [0.5, 0.6) is 5.75 Å². The molecule has 0 bridgehead atoms. The van der Waals surface area contributed by atoms with Gasteiger partial charge in [0.15, 0.2) is 6.61 Å². The van der Waals surface area contributed by atoms with Crippen molar-refractivity contribution in [2.75, 3.05) is 27.4 Å². The molecular formula is C21H20Cl2N2O5. The van der Waals surface area contributed by atoms with Crippen LogP contribution in [0.1, 0.15) is 6.42 Å². The Hall–Kier alpha value is -2.77. The number of hydrogen-bond acceptors (Lipinski definition) is 5. The van der Waals surface area contributed by atoms with Crippen molar-refractivity contribution in [3.63, 3.8) is 0 Å². The number of benzene rings is 1. The molecule has 3 rings (SSSR count). The van der Waals surface area contributed by atoms with E-state index in [0.29, 0.717) is 45.0 Å². The van der Waals surface area contributed by atoms with Crippen molar-refractivity contribution in [3.8, 4) is 5.75 Å². The molecule has 1 N–H and O–H groups in total. The number of hydrogen-bond donors (Lipinski definition) is 1. The second-order valence-electron chi connectivity index (χ2n) is 6.44. The van der Waals surface area contributed by atoms with Gasteiger partial charge >= 0.3 is 0 Å². The van der Waals surface area contributed by atoms with Gasteiger partial charge in [-0.1, -0.05) is 29.3 Å². The topological polar surface area (TPSA) is 86.2 Å². The van der Waals surface area contributed by atoms with Crippen molar-refractivity contribution in [3.05, 3.63) is 63.6 Å². The first-order valence-electron chi connectivity index (χ1n) is 9.11. The van der Waals surface area contributed by atoms with Crippen molar-refractivity contribution in [2.45, 2.75) is 6.42 Å². The smallest absolute Gasteiger partial charge is 0.273 e. The third-order valence-corrected chi connectivity index (χ3v) is 5.07. The molecule has 0 aromatic heterocycles. The summed E-state index contributed by atoms with van der Waals surface area (Å²) in [5, 5.41) is 3.51. The van der Waals surface area contributed by atoms with Crippen LogP contribution in [-0.2, 0) is 19.1 Å². The number of ether oxygens (including phenoxy) is 3. The van der Waals surface area contributed by atoms with Gasteiger partial charge in [-0.05, 0) is 36.8 Å². The van der Waals surface area contributed by atoms with Gasteiger partial charge in [0.2, 0.25) is 0 Å². The molecule has 1 unspecified atom stereocenters. The van der Waals surface area contributed by atoms with E-state index in [9.17, 15) is 9.59 Å². The van der Waals surface area contributed by atoms with Crippen LogP contribution >= 0.6 is 23.2 Å². The molecule has 1 aromatic carbocycles. The Kier molecular flexibility index (Phi) is 7.18.